The Hall–Kier alpha value is -1.75. The lowest BCUT2D eigenvalue weighted by molar-refractivity contribution is 0.256. The van der Waals surface area contributed by atoms with E-state index in [1.165, 1.54) is 0 Å². The lowest BCUT2D eigenvalue weighted by atomic mass is 10.1. The van der Waals surface area contributed by atoms with Crippen LogP contribution in [0.25, 0.3) is 0 Å². The number of urea groups is 1. The van der Waals surface area contributed by atoms with Crippen LogP contribution in [0.15, 0.2) is 23.2 Å². The summed E-state index contributed by atoms with van der Waals surface area (Å²) in [4.78, 5) is 15.9. The van der Waals surface area contributed by atoms with Gasteiger partial charge in [0.1, 0.15) is 0 Å². The number of benzene rings is 1. The Bertz CT molecular complexity index is 488. The molecule has 110 valence electrons. The zero-order valence-electron chi connectivity index (χ0n) is 11.9. The fourth-order valence-electron chi connectivity index (χ4n) is 1.66. The van der Waals surface area contributed by atoms with Gasteiger partial charge in [0.05, 0.1) is 10.7 Å². The molecule has 4 N–H and O–H groups in total. The zero-order chi connectivity index (χ0) is 15.0. The first kappa shape index (κ1) is 16.3. The smallest absolute Gasteiger partial charge is 0.326 e. The van der Waals surface area contributed by atoms with E-state index in [1.807, 2.05) is 19.1 Å². The predicted molar refractivity (Wildman–Crippen MR) is 84.4 cm³/mol. The van der Waals surface area contributed by atoms with E-state index in [1.54, 1.807) is 6.07 Å². The number of amides is 2. The van der Waals surface area contributed by atoms with Crippen LogP contribution in [0.4, 0.5) is 10.5 Å². The molecule has 0 aliphatic heterocycles. The van der Waals surface area contributed by atoms with Gasteiger partial charge in [-0.15, -0.1) is 0 Å². The topological polar surface area (TPSA) is 79.5 Å². The van der Waals surface area contributed by atoms with Gasteiger partial charge in [0.25, 0.3) is 0 Å². The summed E-state index contributed by atoms with van der Waals surface area (Å²) in [7, 11) is 0. The quantitative estimate of drug-likeness (QED) is 0.443. The Morgan fingerprint density at radius 2 is 2.15 bits per heavy atom. The van der Waals surface area contributed by atoms with Gasteiger partial charge < -0.3 is 11.1 Å². The highest BCUT2D eigenvalue weighted by molar-refractivity contribution is 6.34. The molecule has 5 nitrogen and oxygen atoms in total. The molecule has 20 heavy (non-hydrogen) atoms. The van der Waals surface area contributed by atoms with E-state index in [2.05, 4.69) is 22.5 Å². The van der Waals surface area contributed by atoms with Gasteiger partial charge >= 0.3 is 6.03 Å². The minimum absolute atomic E-state index is 0.112. The van der Waals surface area contributed by atoms with Crippen LogP contribution in [0.5, 0.6) is 0 Å². The third-order valence-corrected chi connectivity index (χ3v) is 3.07. The molecule has 0 bridgehead atoms. The van der Waals surface area contributed by atoms with Crippen molar-refractivity contribution in [3.63, 3.8) is 0 Å². The van der Waals surface area contributed by atoms with Gasteiger partial charge in [-0.25, -0.2) is 4.79 Å². The first-order chi connectivity index (χ1) is 9.58. The van der Waals surface area contributed by atoms with Crippen LogP contribution in [0.3, 0.4) is 0 Å². The third kappa shape index (κ3) is 5.09. The highest BCUT2D eigenvalue weighted by Gasteiger charge is 2.10. The molecule has 0 aliphatic rings. The van der Waals surface area contributed by atoms with Crippen molar-refractivity contribution in [1.29, 1.82) is 0 Å². The fraction of sp³-hybridized carbons (Fsp3) is 0.429. The maximum atomic E-state index is 11.8. The maximum Gasteiger partial charge on any atom is 0.326 e. The van der Waals surface area contributed by atoms with E-state index in [-0.39, 0.29) is 5.96 Å². The van der Waals surface area contributed by atoms with Crippen molar-refractivity contribution in [1.82, 2.24) is 5.32 Å². The van der Waals surface area contributed by atoms with E-state index in [0.717, 1.165) is 24.8 Å². The van der Waals surface area contributed by atoms with E-state index in [0.29, 0.717) is 17.3 Å². The highest BCUT2D eigenvalue weighted by atomic mass is 35.5. The zero-order valence-corrected chi connectivity index (χ0v) is 12.6. The van der Waals surface area contributed by atoms with Crippen LogP contribution in [-0.2, 0) is 6.42 Å². The Kier molecular flexibility index (Phi) is 6.87. The number of unbranched alkanes of at least 4 members (excludes halogenated alkanes) is 1. The van der Waals surface area contributed by atoms with Crippen LogP contribution in [0.2, 0.25) is 5.02 Å². The first-order valence-electron chi connectivity index (χ1n) is 6.73. The molecule has 1 aromatic carbocycles. The Labute approximate surface area is 124 Å². The number of aryl methyl sites for hydroxylation is 1. The van der Waals surface area contributed by atoms with Crippen molar-refractivity contribution in [2.75, 3.05) is 11.9 Å². The van der Waals surface area contributed by atoms with Crippen molar-refractivity contribution >= 4 is 29.3 Å². The molecule has 0 radical (unpaired) electrons. The van der Waals surface area contributed by atoms with Gasteiger partial charge in [0, 0.05) is 6.54 Å². The fourth-order valence-corrected chi connectivity index (χ4v) is 1.90. The van der Waals surface area contributed by atoms with E-state index in [9.17, 15) is 4.79 Å². The molecule has 6 heteroatoms. The molecule has 0 fully saturated rings. The molecule has 0 unspecified atom stereocenters. The van der Waals surface area contributed by atoms with Gasteiger partial charge in [-0.1, -0.05) is 44.0 Å². The second-order valence-corrected chi connectivity index (χ2v) is 4.73. The number of hydrogen-bond acceptors (Lipinski definition) is 2. The van der Waals surface area contributed by atoms with E-state index >= 15 is 0 Å². The number of aliphatic imine (C=N–C) groups is 1. The van der Waals surface area contributed by atoms with Gasteiger partial charge in [0.15, 0.2) is 5.96 Å². The average Bonchev–Trinajstić information content (AvgIpc) is 2.41. The number of halogens is 1. The molecular formula is C14H21ClN4O. The summed E-state index contributed by atoms with van der Waals surface area (Å²) in [5.41, 5.74) is 7.20. The summed E-state index contributed by atoms with van der Waals surface area (Å²) >= 11 is 6.09. The molecule has 0 spiro atoms. The van der Waals surface area contributed by atoms with Gasteiger partial charge in [-0.3, -0.25) is 10.3 Å². The number of nitrogens with zero attached hydrogens (tertiary/aromatic N) is 1. The van der Waals surface area contributed by atoms with Crippen molar-refractivity contribution < 1.29 is 4.79 Å². The monoisotopic (exact) mass is 296 g/mol. The lowest BCUT2D eigenvalue weighted by Gasteiger charge is -2.12. The standard InChI is InChI=1S/C14H21ClN4O/c1-3-5-9-17-13(16)19-14(20)18-12-10(4-2)7-6-8-11(12)15/h6-8H,3-5,9H2,1-2H3,(H4,16,17,18,19,20). The Morgan fingerprint density at radius 3 is 2.80 bits per heavy atom. The molecule has 0 saturated carbocycles. The van der Waals surface area contributed by atoms with E-state index in [4.69, 9.17) is 17.3 Å². The van der Waals surface area contributed by atoms with Crippen molar-refractivity contribution in [3.8, 4) is 0 Å². The van der Waals surface area contributed by atoms with Gasteiger partial charge in [0.2, 0.25) is 0 Å². The number of nitrogens with one attached hydrogen (secondary N) is 2. The van der Waals surface area contributed by atoms with Crippen LogP contribution >= 0.6 is 11.6 Å². The van der Waals surface area contributed by atoms with Crippen LogP contribution in [-0.4, -0.2) is 18.5 Å². The number of carbonyl (C=O) groups is 1. The summed E-state index contributed by atoms with van der Waals surface area (Å²) in [6, 6.07) is 5.06. The lowest BCUT2D eigenvalue weighted by Crippen LogP contribution is -2.40. The molecule has 0 atom stereocenters. The summed E-state index contributed by atoms with van der Waals surface area (Å²) in [5, 5.41) is 5.69. The summed E-state index contributed by atoms with van der Waals surface area (Å²) in [6.07, 6.45) is 2.74. The van der Waals surface area contributed by atoms with Gasteiger partial charge in [-0.05, 0) is 24.5 Å². The molecule has 1 rings (SSSR count). The Balaban J connectivity index is 2.65. The maximum absolute atomic E-state index is 11.8. The van der Waals surface area contributed by atoms with Crippen LogP contribution in [0, 0.1) is 0 Å². The van der Waals surface area contributed by atoms with Crippen molar-refractivity contribution in [2.24, 2.45) is 10.7 Å². The van der Waals surface area contributed by atoms with Gasteiger partial charge in [-0.2, -0.15) is 0 Å². The summed E-state index contributed by atoms with van der Waals surface area (Å²) in [6.45, 7) is 4.67. The third-order valence-electron chi connectivity index (χ3n) is 2.75. The highest BCUT2D eigenvalue weighted by Crippen LogP contribution is 2.26. The van der Waals surface area contributed by atoms with Crippen LogP contribution < -0.4 is 16.4 Å². The summed E-state index contributed by atoms with van der Waals surface area (Å²) in [5.74, 6) is 0.112. The molecule has 0 heterocycles. The molecule has 1 aromatic rings. The number of anilines is 1. The molecule has 0 aromatic heterocycles. The minimum Gasteiger partial charge on any atom is -0.370 e. The van der Waals surface area contributed by atoms with E-state index < -0.39 is 6.03 Å². The number of guanidine groups is 1. The molecule has 0 aliphatic carbocycles. The largest absolute Gasteiger partial charge is 0.370 e. The predicted octanol–water partition coefficient (Wildman–Crippen LogP) is 3.14. The minimum atomic E-state index is -0.439. The normalized spacial score (nSPS) is 11.2. The second-order valence-electron chi connectivity index (χ2n) is 4.33. The number of hydrogen-bond donors (Lipinski definition) is 3. The van der Waals surface area contributed by atoms with Crippen molar-refractivity contribution in [3.05, 3.63) is 28.8 Å². The number of carbonyl (C=O) groups excluding carboxylic acids is 1. The summed E-state index contributed by atoms with van der Waals surface area (Å²) < 4.78 is 0. The van der Waals surface area contributed by atoms with Crippen LogP contribution in [0.1, 0.15) is 32.3 Å². The Morgan fingerprint density at radius 1 is 1.40 bits per heavy atom. The van der Waals surface area contributed by atoms with Crippen molar-refractivity contribution in [2.45, 2.75) is 33.1 Å². The molecular weight excluding hydrogens is 276 g/mol. The average molecular weight is 297 g/mol. The number of para-hydroxylation sites is 1. The molecule has 0 saturated heterocycles. The molecule has 2 amide bonds. The first-order valence-corrected chi connectivity index (χ1v) is 7.11. The number of nitrogens with two attached hydrogens (primary N) is 1. The second kappa shape index (κ2) is 8.43. The number of rotatable bonds is 5. The SMILES string of the molecule is CCCCN=C(N)NC(=O)Nc1c(Cl)cccc1CC.